The van der Waals surface area contributed by atoms with E-state index in [1.54, 1.807) is 6.92 Å². The minimum Gasteiger partial charge on any atom is -0.464 e. The maximum Gasteiger partial charge on any atom is 0.340 e. The zero-order chi connectivity index (χ0) is 15.7. The number of carbonyl (C=O) groups is 1. The van der Waals surface area contributed by atoms with Gasteiger partial charge < -0.3 is 19.7 Å². The fraction of sp³-hybridized carbons (Fsp3) is 0.562. The van der Waals surface area contributed by atoms with Gasteiger partial charge in [-0.05, 0) is 32.3 Å². The van der Waals surface area contributed by atoms with Crippen molar-refractivity contribution in [1.82, 2.24) is 0 Å². The Labute approximate surface area is 125 Å². The van der Waals surface area contributed by atoms with E-state index in [1.807, 2.05) is 30.3 Å². The van der Waals surface area contributed by atoms with Crippen LogP contribution in [-0.2, 0) is 20.9 Å². The lowest BCUT2D eigenvalue weighted by Gasteiger charge is -2.26. The predicted molar refractivity (Wildman–Crippen MR) is 78.6 cm³/mol. The molecule has 0 aromatic heterocycles. The molecule has 0 unspecified atom stereocenters. The molecule has 1 aromatic rings. The van der Waals surface area contributed by atoms with Gasteiger partial charge >= 0.3 is 5.97 Å². The van der Waals surface area contributed by atoms with Crippen LogP contribution in [-0.4, -0.2) is 41.1 Å². The lowest BCUT2D eigenvalue weighted by molar-refractivity contribution is -0.175. The van der Waals surface area contributed by atoms with Gasteiger partial charge in [0.1, 0.15) is 0 Å². The van der Waals surface area contributed by atoms with Crippen LogP contribution in [0, 0.1) is 0 Å². The van der Waals surface area contributed by atoms with E-state index in [-0.39, 0.29) is 13.0 Å². The van der Waals surface area contributed by atoms with Gasteiger partial charge in [-0.25, -0.2) is 4.79 Å². The molecule has 21 heavy (non-hydrogen) atoms. The molecule has 0 aliphatic carbocycles. The minimum atomic E-state index is -1.88. The number of hydrogen-bond acceptors (Lipinski definition) is 5. The Morgan fingerprint density at radius 1 is 1.33 bits per heavy atom. The van der Waals surface area contributed by atoms with Crippen LogP contribution in [0.3, 0.4) is 0 Å². The largest absolute Gasteiger partial charge is 0.464 e. The first kappa shape index (κ1) is 17.6. The molecule has 0 saturated heterocycles. The minimum absolute atomic E-state index is 0.169. The number of aliphatic hydroxyl groups is 2. The second-order valence-electron chi connectivity index (χ2n) is 5.06. The van der Waals surface area contributed by atoms with Crippen molar-refractivity contribution < 1.29 is 24.5 Å². The molecule has 1 rings (SSSR count). The number of esters is 1. The van der Waals surface area contributed by atoms with Crippen LogP contribution < -0.4 is 0 Å². The highest BCUT2D eigenvalue weighted by Crippen LogP contribution is 2.17. The van der Waals surface area contributed by atoms with Gasteiger partial charge in [-0.1, -0.05) is 30.3 Å². The maximum absolute atomic E-state index is 11.5. The summed E-state index contributed by atoms with van der Waals surface area (Å²) >= 11 is 0. The van der Waals surface area contributed by atoms with Crippen LogP contribution in [0.1, 0.15) is 32.3 Å². The zero-order valence-electron chi connectivity index (χ0n) is 12.6. The molecule has 2 N–H and O–H groups in total. The molecule has 0 saturated carbocycles. The predicted octanol–water partition coefficient (Wildman–Crippen LogP) is 1.66. The fourth-order valence-electron chi connectivity index (χ4n) is 1.84. The van der Waals surface area contributed by atoms with E-state index >= 15 is 0 Å². The average Bonchev–Trinajstić information content (AvgIpc) is 2.48. The summed E-state index contributed by atoms with van der Waals surface area (Å²) in [7, 11) is 0. The van der Waals surface area contributed by atoms with E-state index in [4.69, 9.17) is 9.47 Å². The number of carbonyl (C=O) groups excluding carboxylic acids is 1. The van der Waals surface area contributed by atoms with Gasteiger partial charge in [0, 0.05) is 6.61 Å². The van der Waals surface area contributed by atoms with Gasteiger partial charge in [0.15, 0.2) is 5.60 Å². The molecule has 118 valence electrons. The van der Waals surface area contributed by atoms with Crippen molar-refractivity contribution >= 4 is 5.97 Å². The Kier molecular flexibility index (Phi) is 7.36. The molecule has 1 aromatic carbocycles. The van der Waals surface area contributed by atoms with Gasteiger partial charge in [0.05, 0.1) is 19.3 Å². The Hall–Kier alpha value is -1.43. The summed E-state index contributed by atoms with van der Waals surface area (Å²) in [5, 5.41) is 19.8. The zero-order valence-corrected chi connectivity index (χ0v) is 12.6. The van der Waals surface area contributed by atoms with Gasteiger partial charge in [-0.15, -0.1) is 0 Å². The first-order valence-corrected chi connectivity index (χ1v) is 7.17. The smallest absolute Gasteiger partial charge is 0.340 e. The maximum atomic E-state index is 11.5. The first-order chi connectivity index (χ1) is 9.98. The van der Waals surface area contributed by atoms with Crippen LogP contribution in [0.25, 0.3) is 0 Å². The quantitative estimate of drug-likeness (QED) is 0.535. The van der Waals surface area contributed by atoms with E-state index in [0.29, 0.717) is 19.6 Å². The van der Waals surface area contributed by atoms with Crippen molar-refractivity contribution in [3.05, 3.63) is 35.9 Å². The summed E-state index contributed by atoms with van der Waals surface area (Å²) in [6.45, 7) is 4.04. The Balaban J connectivity index is 2.24. The number of hydrogen-bond donors (Lipinski definition) is 2. The first-order valence-electron chi connectivity index (χ1n) is 7.17. The monoisotopic (exact) mass is 296 g/mol. The van der Waals surface area contributed by atoms with Gasteiger partial charge in [-0.3, -0.25) is 0 Å². The van der Waals surface area contributed by atoms with Crippen LogP contribution in [0.2, 0.25) is 0 Å². The average molecular weight is 296 g/mol. The van der Waals surface area contributed by atoms with Crippen molar-refractivity contribution in [2.45, 2.75) is 45.0 Å². The molecule has 0 spiro atoms. The molecule has 0 bridgehead atoms. The van der Waals surface area contributed by atoms with E-state index in [9.17, 15) is 15.0 Å². The number of aliphatic hydroxyl groups excluding tert-OH is 1. The van der Waals surface area contributed by atoms with Gasteiger partial charge in [0.2, 0.25) is 0 Å². The van der Waals surface area contributed by atoms with Crippen LogP contribution in [0.5, 0.6) is 0 Å². The molecule has 0 heterocycles. The fourth-order valence-corrected chi connectivity index (χ4v) is 1.84. The lowest BCUT2D eigenvalue weighted by atomic mass is 9.95. The molecule has 0 amide bonds. The topological polar surface area (TPSA) is 76.0 Å². The molecule has 0 fully saturated rings. The second-order valence-corrected chi connectivity index (χ2v) is 5.06. The molecule has 0 radical (unpaired) electrons. The van der Waals surface area contributed by atoms with E-state index < -0.39 is 17.7 Å². The van der Waals surface area contributed by atoms with Crippen molar-refractivity contribution in [2.75, 3.05) is 13.2 Å². The highest BCUT2D eigenvalue weighted by Gasteiger charge is 2.39. The molecule has 5 nitrogen and oxygen atoms in total. The summed E-state index contributed by atoms with van der Waals surface area (Å²) in [5.41, 5.74) is -0.799. The molecule has 5 heteroatoms. The normalized spacial score (nSPS) is 15.2. The van der Waals surface area contributed by atoms with Gasteiger partial charge in [-0.2, -0.15) is 0 Å². The number of benzene rings is 1. The SMILES string of the molecule is CCOC(=O)[C@@](C)(O)[C@H](O)CCCOCc1ccccc1. The molecule has 0 aliphatic heterocycles. The van der Waals surface area contributed by atoms with E-state index in [2.05, 4.69) is 0 Å². The summed E-state index contributed by atoms with van der Waals surface area (Å²) < 4.78 is 10.2. The van der Waals surface area contributed by atoms with Crippen LogP contribution in [0.4, 0.5) is 0 Å². The summed E-state index contributed by atoms with van der Waals surface area (Å²) in [5.74, 6) is -0.803. The Bertz CT molecular complexity index is 416. The highest BCUT2D eigenvalue weighted by atomic mass is 16.6. The molecule has 0 aliphatic rings. The number of rotatable bonds is 9. The van der Waals surface area contributed by atoms with Crippen LogP contribution >= 0.6 is 0 Å². The lowest BCUT2D eigenvalue weighted by Crippen LogP contribution is -2.48. The van der Waals surface area contributed by atoms with Crippen molar-refractivity contribution in [3.63, 3.8) is 0 Å². The Morgan fingerprint density at radius 3 is 2.62 bits per heavy atom. The van der Waals surface area contributed by atoms with Crippen molar-refractivity contribution in [1.29, 1.82) is 0 Å². The highest BCUT2D eigenvalue weighted by molar-refractivity contribution is 5.79. The van der Waals surface area contributed by atoms with E-state index in [0.717, 1.165) is 5.56 Å². The number of ether oxygens (including phenoxy) is 2. The van der Waals surface area contributed by atoms with Gasteiger partial charge in [0.25, 0.3) is 0 Å². The molecule has 2 atom stereocenters. The third kappa shape index (κ3) is 5.83. The third-order valence-corrected chi connectivity index (χ3v) is 3.22. The summed E-state index contributed by atoms with van der Waals surface area (Å²) in [6, 6.07) is 9.77. The second kappa shape index (κ2) is 8.77. The van der Waals surface area contributed by atoms with Crippen molar-refractivity contribution in [3.8, 4) is 0 Å². The summed E-state index contributed by atoms with van der Waals surface area (Å²) in [4.78, 5) is 11.5. The summed E-state index contributed by atoms with van der Waals surface area (Å²) in [6.07, 6.45) is -0.360. The molecular weight excluding hydrogens is 272 g/mol. The third-order valence-electron chi connectivity index (χ3n) is 3.22. The molecular formula is C16H24O5. The van der Waals surface area contributed by atoms with Crippen LogP contribution in [0.15, 0.2) is 30.3 Å². The standard InChI is InChI=1S/C16H24O5/c1-3-21-15(18)16(2,19)14(17)10-7-11-20-12-13-8-5-4-6-9-13/h4-6,8-9,14,17,19H,3,7,10-12H2,1-2H3/t14-,16+/m1/s1. The Morgan fingerprint density at radius 2 is 2.00 bits per heavy atom. The van der Waals surface area contributed by atoms with Crippen molar-refractivity contribution in [2.24, 2.45) is 0 Å². The van der Waals surface area contributed by atoms with E-state index in [1.165, 1.54) is 6.92 Å².